The Balaban J connectivity index is 1.66. The largest absolute Gasteiger partial charge is 0.453 e. The van der Waals surface area contributed by atoms with Crippen molar-refractivity contribution in [2.75, 3.05) is 26.2 Å². The maximum Gasteiger partial charge on any atom is 0.338 e. The van der Waals surface area contributed by atoms with E-state index >= 15 is 0 Å². The summed E-state index contributed by atoms with van der Waals surface area (Å²) in [6.07, 6.45) is -4.39. The minimum absolute atomic E-state index is 0.232. The molecule has 9 heteroatoms. The third-order valence-corrected chi connectivity index (χ3v) is 6.92. The molecular weight excluding hydrogens is 508 g/mol. The van der Waals surface area contributed by atoms with Crippen LogP contribution in [0.3, 0.4) is 0 Å². The quantitative estimate of drug-likeness (QED) is 0.286. The summed E-state index contributed by atoms with van der Waals surface area (Å²) < 4.78 is 41.9. The number of ether oxygens (including phenoxy) is 7. The number of esters is 1. The molecule has 4 rings (SSSR count). The number of methoxy groups -OCH3 is 2. The van der Waals surface area contributed by atoms with E-state index in [0.29, 0.717) is 10.9 Å². The summed E-state index contributed by atoms with van der Waals surface area (Å²) in [6, 6.07) is 18.3. The second kappa shape index (κ2) is 11.3. The Morgan fingerprint density at radius 3 is 2.32 bits per heavy atom. The van der Waals surface area contributed by atoms with Crippen LogP contribution in [0.5, 0.6) is 0 Å². The Bertz CT molecular complexity index is 923. The standard InChI is InChI=1S/C25H29BrO8/c1-25(15-26,29-3)34-21-20(32-22(27)16-10-6-4-7-11-16)19-18(31-24(21)28-2)14-30-23(33-19)17-12-8-5-9-13-17/h4-13,18-21,23-24H,14-15H2,1-3H3/t18-,19-,20+,21+,23?,24+,25?/m1/s1. The Labute approximate surface area is 207 Å². The zero-order valence-corrected chi connectivity index (χ0v) is 20.9. The molecule has 2 saturated heterocycles. The highest BCUT2D eigenvalue weighted by Gasteiger charge is 2.54. The van der Waals surface area contributed by atoms with Gasteiger partial charge in [-0.2, -0.15) is 0 Å². The first-order valence-electron chi connectivity index (χ1n) is 11.0. The zero-order chi connectivity index (χ0) is 24.1. The predicted octanol–water partition coefficient (Wildman–Crippen LogP) is 3.84. The van der Waals surface area contributed by atoms with Crippen LogP contribution >= 0.6 is 15.9 Å². The Morgan fingerprint density at radius 2 is 1.71 bits per heavy atom. The smallest absolute Gasteiger partial charge is 0.338 e. The number of rotatable bonds is 8. The summed E-state index contributed by atoms with van der Waals surface area (Å²) in [5.74, 6) is -1.53. The maximum atomic E-state index is 13.1. The number of alkyl halides is 1. The van der Waals surface area contributed by atoms with Crippen molar-refractivity contribution in [2.45, 2.75) is 49.7 Å². The average Bonchev–Trinajstić information content (AvgIpc) is 2.90. The molecule has 0 N–H and O–H groups in total. The van der Waals surface area contributed by atoms with Gasteiger partial charge in [-0.05, 0) is 19.1 Å². The van der Waals surface area contributed by atoms with Gasteiger partial charge in [0.05, 0.1) is 17.5 Å². The van der Waals surface area contributed by atoms with E-state index < -0.39 is 48.8 Å². The number of carbonyl (C=O) groups excluding carboxylic acids is 1. The fourth-order valence-corrected chi connectivity index (χ4v) is 4.32. The summed E-state index contributed by atoms with van der Waals surface area (Å²) in [7, 11) is 3.05. The molecule has 0 spiro atoms. The van der Waals surface area contributed by atoms with Crippen molar-refractivity contribution in [2.24, 2.45) is 0 Å². The van der Waals surface area contributed by atoms with Gasteiger partial charge in [-0.25, -0.2) is 4.79 Å². The molecule has 2 fully saturated rings. The van der Waals surface area contributed by atoms with Crippen molar-refractivity contribution in [3.8, 4) is 0 Å². The fraction of sp³-hybridized carbons (Fsp3) is 0.480. The van der Waals surface area contributed by atoms with E-state index in [-0.39, 0.29) is 6.61 Å². The van der Waals surface area contributed by atoms with Gasteiger partial charge >= 0.3 is 5.97 Å². The van der Waals surface area contributed by atoms with Crippen molar-refractivity contribution in [1.29, 1.82) is 0 Å². The summed E-state index contributed by atoms with van der Waals surface area (Å²) in [5.41, 5.74) is 1.27. The second-order valence-electron chi connectivity index (χ2n) is 8.25. The topological polar surface area (TPSA) is 81.7 Å². The van der Waals surface area contributed by atoms with Gasteiger partial charge in [0.2, 0.25) is 0 Å². The highest BCUT2D eigenvalue weighted by Crippen LogP contribution is 2.38. The van der Waals surface area contributed by atoms with Gasteiger partial charge in [-0.3, -0.25) is 0 Å². The van der Waals surface area contributed by atoms with Crippen molar-refractivity contribution < 1.29 is 38.0 Å². The van der Waals surface area contributed by atoms with Crippen LogP contribution in [-0.2, 0) is 33.2 Å². The fourth-order valence-electron chi connectivity index (χ4n) is 3.96. The van der Waals surface area contributed by atoms with Crippen LogP contribution in [0.15, 0.2) is 60.7 Å². The van der Waals surface area contributed by atoms with Crippen LogP contribution in [0, 0.1) is 0 Å². The van der Waals surface area contributed by atoms with Crippen molar-refractivity contribution in [3.05, 3.63) is 71.8 Å². The van der Waals surface area contributed by atoms with Gasteiger partial charge in [0.1, 0.15) is 12.2 Å². The molecular formula is C25H29BrO8. The number of halogens is 1. The van der Waals surface area contributed by atoms with E-state index in [9.17, 15) is 4.79 Å². The molecule has 0 amide bonds. The normalized spacial score (nSPS) is 30.7. The molecule has 0 aliphatic carbocycles. The minimum atomic E-state index is -1.03. The first-order chi connectivity index (χ1) is 16.5. The predicted molar refractivity (Wildman–Crippen MR) is 125 cm³/mol. The summed E-state index contributed by atoms with van der Waals surface area (Å²) in [4.78, 5) is 13.1. The molecule has 8 nitrogen and oxygen atoms in total. The molecule has 2 aliphatic rings. The molecule has 0 aromatic heterocycles. The molecule has 0 radical (unpaired) electrons. The van der Waals surface area contributed by atoms with Gasteiger partial charge in [0.15, 0.2) is 30.6 Å². The molecule has 7 atom stereocenters. The summed E-state index contributed by atoms with van der Waals surface area (Å²) in [5, 5.41) is 0.369. The van der Waals surface area contributed by atoms with E-state index in [1.807, 2.05) is 36.4 Å². The van der Waals surface area contributed by atoms with Crippen LogP contribution in [0.4, 0.5) is 0 Å². The van der Waals surface area contributed by atoms with E-state index in [1.165, 1.54) is 14.2 Å². The second-order valence-corrected chi connectivity index (χ2v) is 8.81. The molecule has 2 heterocycles. The number of benzene rings is 2. The summed E-state index contributed by atoms with van der Waals surface area (Å²) in [6.45, 7) is 2.00. The zero-order valence-electron chi connectivity index (χ0n) is 19.3. The lowest BCUT2D eigenvalue weighted by Gasteiger charge is -2.49. The molecule has 0 bridgehead atoms. The van der Waals surface area contributed by atoms with Crippen molar-refractivity contribution >= 4 is 21.9 Å². The van der Waals surface area contributed by atoms with Crippen LogP contribution in [0.25, 0.3) is 0 Å². The maximum absolute atomic E-state index is 13.1. The third kappa shape index (κ3) is 5.52. The van der Waals surface area contributed by atoms with Gasteiger partial charge in [0, 0.05) is 19.8 Å². The Kier molecular flexibility index (Phi) is 8.36. The molecule has 2 aromatic carbocycles. The van der Waals surface area contributed by atoms with Crippen LogP contribution in [0.1, 0.15) is 29.1 Å². The van der Waals surface area contributed by atoms with E-state index in [1.54, 1.807) is 31.2 Å². The Hall–Kier alpha value is -1.85. The SMILES string of the molecule is CO[C@H]1O[C@@H]2COC(c3ccccc3)O[C@H]2[C@H](OC(=O)c2ccccc2)[C@@H]1OC(C)(CBr)OC. The monoisotopic (exact) mass is 536 g/mol. The summed E-state index contributed by atoms with van der Waals surface area (Å²) >= 11 is 3.43. The average molecular weight is 537 g/mol. The van der Waals surface area contributed by atoms with E-state index in [0.717, 1.165) is 5.56 Å². The van der Waals surface area contributed by atoms with Crippen molar-refractivity contribution in [3.63, 3.8) is 0 Å². The Morgan fingerprint density at radius 1 is 1.03 bits per heavy atom. The van der Waals surface area contributed by atoms with Gasteiger partial charge in [-0.1, -0.05) is 64.5 Å². The lowest BCUT2D eigenvalue weighted by Crippen LogP contribution is -2.65. The van der Waals surface area contributed by atoms with Gasteiger partial charge in [0.25, 0.3) is 0 Å². The molecule has 2 aromatic rings. The third-order valence-electron chi connectivity index (χ3n) is 5.90. The number of hydrogen-bond acceptors (Lipinski definition) is 8. The van der Waals surface area contributed by atoms with E-state index in [4.69, 9.17) is 33.2 Å². The highest BCUT2D eigenvalue weighted by molar-refractivity contribution is 9.09. The van der Waals surface area contributed by atoms with Crippen molar-refractivity contribution in [1.82, 2.24) is 0 Å². The first-order valence-corrected chi connectivity index (χ1v) is 12.2. The first kappa shape index (κ1) is 25.2. The molecule has 184 valence electrons. The van der Waals surface area contributed by atoms with Crippen LogP contribution in [0.2, 0.25) is 0 Å². The minimum Gasteiger partial charge on any atom is -0.453 e. The number of carbonyl (C=O) groups is 1. The van der Waals surface area contributed by atoms with Gasteiger partial charge in [-0.15, -0.1) is 0 Å². The lowest BCUT2D eigenvalue weighted by atomic mass is 9.96. The van der Waals surface area contributed by atoms with Crippen LogP contribution < -0.4 is 0 Å². The highest BCUT2D eigenvalue weighted by atomic mass is 79.9. The molecule has 34 heavy (non-hydrogen) atoms. The molecule has 0 saturated carbocycles. The van der Waals surface area contributed by atoms with E-state index in [2.05, 4.69) is 15.9 Å². The molecule has 2 unspecified atom stereocenters. The molecule has 2 aliphatic heterocycles. The van der Waals surface area contributed by atoms with Gasteiger partial charge < -0.3 is 33.2 Å². The lowest BCUT2D eigenvalue weighted by molar-refractivity contribution is -0.381. The van der Waals surface area contributed by atoms with Crippen LogP contribution in [-0.4, -0.2) is 68.6 Å². The number of hydrogen-bond donors (Lipinski definition) is 0. The number of fused-ring (bicyclic) bond motifs is 1.